The van der Waals surface area contributed by atoms with Crippen LogP contribution < -0.4 is 5.32 Å². The fraction of sp³-hybridized carbons (Fsp3) is 0.0500. The Hall–Kier alpha value is -3.56. The normalized spacial score (nSPS) is 10.7. The van der Waals surface area contributed by atoms with Crippen LogP contribution in [-0.4, -0.2) is 25.6 Å². The van der Waals surface area contributed by atoms with Gasteiger partial charge in [-0.05, 0) is 31.2 Å². The summed E-state index contributed by atoms with van der Waals surface area (Å²) in [6.07, 6.45) is 0. The second-order valence-corrected chi connectivity index (χ2v) is 7.64. The molecule has 0 aliphatic rings. The number of rotatable bonds is 5. The van der Waals surface area contributed by atoms with Crippen molar-refractivity contribution < 1.29 is 9.72 Å². The summed E-state index contributed by atoms with van der Waals surface area (Å²) in [4.78, 5) is 27.5. The quantitative estimate of drug-likeness (QED) is 0.343. The lowest BCUT2D eigenvalue weighted by Crippen LogP contribution is -2.15. The van der Waals surface area contributed by atoms with Crippen LogP contribution in [0.1, 0.15) is 16.1 Å². The monoisotopic (exact) mass is 439 g/mol. The minimum Gasteiger partial charge on any atom is -0.306 e. The number of halogens is 1. The Morgan fingerprint density at radius 3 is 2.53 bits per heavy atom. The van der Waals surface area contributed by atoms with Crippen molar-refractivity contribution in [2.24, 2.45) is 0 Å². The van der Waals surface area contributed by atoms with E-state index in [1.807, 2.05) is 24.4 Å². The number of carbonyl (C=O) groups is 1. The minimum absolute atomic E-state index is 0.0787. The van der Waals surface area contributed by atoms with Gasteiger partial charge in [0.05, 0.1) is 16.3 Å². The predicted molar refractivity (Wildman–Crippen MR) is 115 cm³/mol. The smallest absolute Gasteiger partial charge is 0.269 e. The molecule has 0 fully saturated rings. The zero-order chi connectivity index (χ0) is 21.3. The van der Waals surface area contributed by atoms with Crippen LogP contribution in [0.3, 0.4) is 0 Å². The van der Waals surface area contributed by atoms with E-state index in [0.29, 0.717) is 27.2 Å². The van der Waals surface area contributed by atoms with Crippen LogP contribution in [0.15, 0.2) is 60.0 Å². The number of hydrogen-bond acceptors (Lipinski definition) is 6. The van der Waals surface area contributed by atoms with Gasteiger partial charge in [-0.3, -0.25) is 14.9 Å². The lowest BCUT2D eigenvalue weighted by atomic mass is 10.2. The van der Waals surface area contributed by atoms with Crippen LogP contribution in [-0.2, 0) is 0 Å². The summed E-state index contributed by atoms with van der Waals surface area (Å²) in [6.45, 7) is 1.81. The van der Waals surface area contributed by atoms with E-state index in [2.05, 4.69) is 15.4 Å². The summed E-state index contributed by atoms with van der Waals surface area (Å²) in [6, 6.07) is 14.5. The molecule has 30 heavy (non-hydrogen) atoms. The van der Waals surface area contributed by atoms with Crippen LogP contribution in [0.2, 0.25) is 5.02 Å². The number of benzene rings is 2. The molecule has 1 N–H and O–H groups in total. The molecule has 0 aliphatic carbocycles. The van der Waals surface area contributed by atoms with Gasteiger partial charge in [0, 0.05) is 39.7 Å². The largest absolute Gasteiger partial charge is 0.306 e. The van der Waals surface area contributed by atoms with Crippen LogP contribution in [0.25, 0.3) is 16.4 Å². The number of carbonyl (C=O) groups excluding carboxylic acids is 1. The maximum absolute atomic E-state index is 12.6. The number of anilines is 1. The van der Waals surface area contributed by atoms with Crippen molar-refractivity contribution in [3.63, 3.8) is 0 Å². The SMILES string of the molecule is Cc1cc(NC(=O)c2ccc([N+](=O)[O-])cc2)n(-c2nc(-c3ccc(Cl)cc3)cs2)n1. The van der Waals surface area contributed by atoms with Crippen LogP contribution in [0.4, 0.5) is 11.5 Å². The highest BCUT2D eigenvalue weighted by molar-refractivity contribution is 7.12. The number of aromatic nitrogens is 3. The van der Waals surface area contributed by atoms with Crippen molar-refractivity contribution in [2.45, 2.75) is 6.92 Å². The van der Waals surface area contributed by atoms with Gasteiger partial charge in [0.25, 0.3) is 11.6 Å². The number of nitrogens with zero attached hydrogens (tertiary/aromatic N) is 4. The number of thiazole rings is 1. The molecule has 4 aromatic rings. The third-order valence-electron chi connectivity index (χ3n) is 4.23. The third kappa shape index (κ3) is 4.07. The molecule has 0 bridgehead atoms. The number of nitro groups is 1. The number of nitrogens with one attached hydrogen (secondary N) is 1. The minimum atomic E-state index is -0.513. The van der Waals surface area contributed by atoms with Gasteiger partial charge in [-0.2, -0.15) is 9.78 Å². The highest BCUT2D eigenvalue weighted by Gasteiger charge is 2.16. The van der Waals surface area contributed by atoms with Crippen molar-refractivity contribution in [3.05, 3.63) is 86.4 Å². The first-order chi connectivity index (χ1) is 14.4. The molecule has 0 radical (unpaired) electrons. The lowest BCUT2D eigenvalue weighted by molar-refractivity contribution is -0.384. The van der Waals surface area contributed by atoms with E-state index in [4.69, 9.17) is 11.6 Å². The Labute approximate surface area is 179 Å². The third-order valence-corrected chi connectivity index (χ3v) is 5.29. The van der Waals surface area contributed by atoms with E-state index in [0.717, 1.165) is 11.3 Å². The molecule has 0 saturated carbocycles. The molecular weight excluding hydrogens is 426 g/mol. The zero-order valence-corrected chi connectivity index (χ0v) is 17.1. The number of non-ortho nitro benzene ring substituents is 1. The molecule has 1 amide bonds. The first-order valence-corrected chi connectivity index (χ1v) is 10.0. The van der Waals surface area contributed by atoms with Gasteiger partial charge in [-0.1, -0.05) is 23.7 Å². The maximum Gasteiger partial charge on any atom is 0.269 e. The first kappa shape index (κ1) is 19.7. The summed E-state index contributed by atoms with van der Waals surface area (Å²) in [5, 5.41) is 21.1. The van der Waals surface area contributed by atoms with Crippen molar-refractivity contribution in [1.82, 2.24) is 14.8 Å². The Bertz CT molecular complexity index is 1230. The highest BCUT2D eigenvalue weighted by Crippen LogP contribution is 2.27. The van der Waals surface area contributed by atoms with Gasteiger partial charge < -0.3 is 5.32 Å². The molecular formula is C20H14ClN5O3S. The molecule has 0 atom stereocenters. The summed E-state index contributed by atoms with van der Waals surface area (Å²) in [5.41, 5.74) is 2.61. The molecule has 2 aromatic carbocycles. The van der Waals surface area contributed by atoms with E-state index in [-0.39, 0.29) is 5.69 Å². The lowest BCUT2D eigenvalue weighted by Gasteiger charge is -2.06. The second-order valence-electron chi connectivity index (χ2n) is 6.36. The Morgan fingerprint density at radius 2 is 1.87 bits per heavy atom. The fourth-order valence-electron chi connectivity index (χ4n) is 2.77. The van der Waals surface area contributed by atoms with Gasteiger partial charge in [-0.25, -0.2) is 4.98 Å². The van der Waals surface area contributed by atoms with Gasteiger partial charge >= 0.3 is 0 Å². The summed E-state index contributed by atoms with van der Waals surface area (Å²) < 4.78 is 1.56. The summed E-state index contributed by atoms with van der Waals surface area (Å²) in [5.74, 6) is 0.0494. The first-order valence-electron chi connectivity index (χ1n) is 8.75. The second kappa shape index (κ2) is 8.05. The topological polar surface area (TPSA) is 103 Å². The molecule has 10 heteroatoms. The fourth-order valence-corrected chi connectivity index (χ4v) is 3.69. The molecule has 2 aromatic heterocycles. The summed E-state index contributed by atoms with van der Waals surface area (Å²) >= 11 is 7.33. The molecule has 0 aliphatic heterocycles. The average molecular weight is 440 g/mol. The molecule has 8 nitrogen and oxygen atoms in total. The van der Waals surface area contributed by atoms with Gasteiger partial charge in [0.15, 0.2) is 0 Å². The van der Waals surface area contributed by atoms with Crippen LogP contribution >= 0.6 is 22.9 Å². The molecule has 2 heterocycles. The Kier molecular flexibility index (Phi) is 5.30. The van der Waals surface area contributed by atoms with Crippen LogP contribution in [0.5, 0.6) is 0 Å². The number of aryl methyl sites for hydroxylation is 1. The van der Waals surface area contributed by atoms with Crippen molar-refractivity contribution >= 4 is 40.4 Å². The zero-order valence-electron chi connectivity index (χ0n) is 15.6. The Morgan fingerprint density at radius 1 is 1.17 bits per heavy atom. The van der Waals surface area contributed by atoms with Gasteiger partial charge in [0.2, 0.25) is 5.13 Å². The summed E-state index contributed by atoms with van der Waals surface area (Å²) in [7, 11) is 0. The van der Waals surface area contributed by atoms with Crippen molar-refractivity contribution in [3.8, 4) is 16.4 Å². The molecule has 0 unspecified atom stereocenters. The average Bonchev–Trinajstić information content (AvgIpc) is 3.35. The van der Waals surface area contributed by atoms with Crippen molar-refractivity contribution in [1.29, 1.82) is 0 Å². The molecule has 4 rings (SSSR count). The molecule has 0 spiro atoms. The van der Waals surface area contributed by atoms with E-state index >= 15 is 0 Å². The standard InChI is InChI=1S/C20H14ClN5O3S/c1-12-10-18(23-19(27)14-4-8-16(9-5-14)26(28)29)25(24-12)20-22-17(11-30-20)13-2-6-15(21)7-3-13/h2-11H,1H3,(H,23,27). The predicted octanol–water partition coefficient (Wildman–Crippen LogP) is 5.12. The Balaban J connectivity index is 1.59. The van der Waals surface area contributed by atoms with Gasteiger partial charge in [-0.15, -0.1) is 11.3 Å². The van der Waals surface area contributed by atoms with E-state index in [9.17, 15) is 14.9 Å². The van der Waals surface area contributed by atoms with E-state index in [1.165, 1.54) is 35.6 Å². The van der Waals surface area contributed by atoms with Gasteiger partial charge in [0.1, 0.15) is 5.82 Å². The molecule has 0 saturated heterocycles. The highest BCUT2D eigenvalue weighted by atomic mass is 35.5. The number of amides is 1. The molecule has 150 valence electrons. The van der Waals surface area contributed by atoms with E-state index < -0.39 is 10.8 Å². The maximum atomic E-state index is 12.6. The number of hydrogen-bond donors (Lipinski definition) is 1. The van der Waals surface area contributed by atoms with Crippen molar-refractivity contribution in [2.75, 3.05) is 5.32 Å². The number of nitro benzene ring substituents is 1. The van der Waals surface area contributed by atoms with Crippen LogP contribution in [0, 0.1) is 17.0 Å². The van der Waals surface area contributed by atoms with E-state index in [1.54, 1.807) is 22.9 Å².